The Balaban J connectivity index is 2.49. The number of H-pyrrole nitrogens is 1. The first-order chi connectivity index (χ1) is 8.60. The van der Waals surface area contributed by atoms with Crippen molar-refractivity contribution >= 4 is 45.0 Å². The fraction of sp³-hybridized carbons (Fsp3) is 0.0769. The van der Waals surface area contributed by atoms with Crippen LogP contribution in [0.1, 0.15) is 12.7 Å². The Labute approximate surface area is 115 Å². The lowest BCUT2D eigenvalue weighted by Crippen LogP contribution is -1.83. The van der Waals surface area contributed by atoms with Gasteiger partial charge in [0.2, 0.25) is 0 Å². The number of aliphatic imine (C=N–C) groups is 1. The molecule has 0 aliphatic carbocycles. The third-order valence-electron chi connectivity index (χ3n) is 2.32. The minimum absolute atomic E-state index is 0.452. The maximum atomic E-state index is 5.92. The number of allylic oxidation sites excluding steroid dienone is 2. The highest BCUT2D eigenvalue weighted by Gasteiger charge is 2.05. The molecule has 18 heavy (non-hydrogen) atoms. The van der Waals surface area contributed by atoms with Gasteiger partial charge >= 0.3 is 0 Å². The van der Waals surface area contributed by atoms with E-state index < -0.39 is 0 Å². The number of fused-ring (bicyclic) bond motifs is 1. The van der Waals surface area contributed by atoms with Gasteiger partial charge in [-0.1, -0.05) is 35.9 Å². The van der Waals surface area contributed by atoms with Crippen molar-refractivity contribution in [3.8, 4) is 0 Å². The van der Waals surface area contributed by atoms with Crippen molar-refractivity contribution < 1.29 is 0 Å². The first-order valence-corrected chi connectivity index (χ1v) is 6.04. The second kappa shape index (κ2) is 5.38. The van der Waals surface area contributed by atoms with E-state index in [1.165, 1.54) is 0 Å². The molecule has 1 N–H and O–H groups in total. The number of aromatic nitrogens is 2. The molecule has 0 spiro atoms. The Kier molecular flexibility index (Phi) is 3.84. The molecule has 2 rings (SSSR count). The molecule has 1 aromatic carbocycles. The van der Waals surface area contributed by atoms with Gasteiger partial charge in [0.25, 0.3) is 0 Å². The Morgan fingerprint density at radius 3 is 2.94 bits per heavy atom. The van der Waals surface area contributed by atoms with E-state index in [2.05, 4.69) is 21.5 Å². The van der Waals surface area contributed by atoms with Gasteiger partial charge in [0.15, 0.2) is 0 Å². The molecule has 1 heterocycles. The molecule has 3 nitrogen and oxygen atoms in total. The summed E-state index contributed by atoms with van der Waals surface area (Å²) in [6.45, 7) is 5.44. The van der Waals surface area contributed by atoms with E-state index in [1.54, 1.807) is 25.3 Å². The molecule has 0 amide bonds. The van der Waals surface area contributed by atoms with Gasteiger partial charge in [-0.15, -0.1) is 0 Å². The predicted molar refractivity (Wildman–Crippen MR) is 78.2 cm³/mol. The average molecular weight is 280 g/mol. The topological polar surface area (TPSA) is 41.0 Å². The van der Waals surface area contributed by atoms with E-state index in [-0.39, 0.29) is 0 Å². The molecule has 0 unspecified atom stereocenters. The van der Waals surface area contributed by atoms with Crippen molar-refractivity contribution in [2.45, 2.75) is 6.92 Å². The third-order valence-corrected chi connectivity index (χ3v) is 2.65. The van der Waals surface area contributed by atoms with Crippen molar-refractivity contribution in [2.75, 3.05) is 0 Å². The number of halogens is 2. The van der Waals surface area contributed by atoms with Crippen LogP contribution in [-0.2, 0) is 0 Å². The first-order valence-electron chi connectivity index (χ1n) is 5.28. The molecule has 0 bridgehead atoms. The first kappa shape index (κ1) is 12.9. The molecule has 0 saturated heterocycles. The lowest BCUT2D eigenvalue weighted by Gasteiger charge is -1.94. The van der Waals surface area contributed by atoms with E-state index in [9.17, 15) is 0 Å². The van der Waals surface area contributed by atoms with Gasteiger partial charge in [-0.05, 0) is 25.1 Å². The molecular formula is C13H11Cl2N3. The van der Waals surface area contributed by atoms with Crippen LogP contribution in [0.3, 0.4) is 0 Å². The molecule has 0 aliphatic heterocycles. The number of rotatable bonds is 3. The van der Waals surface area contributed by atoms with Crippen LogP contribution in [0.25, 0.3) is 16.6 Å². The van der Waals surface area contributed by atoms with Crippen molar-refractivity contribution in [3.05, 3.63) is 47.9 Å². The largest absolute Gasteiger partial charge is 0.338 e. The minimum Gasteiger partial charge on any atom is -0.338 e. The molecule has 0 aliphatic rings. The minimum atomic E-state index is 0.452. The van der Waals surface area contributed by atoms with Crippen LogP contribution in [-0.4, -0.2) is 15.1 Å². The van der Waals surface area contributed by atoms with Crippen LogP contribution in [0.2, 0.25) is 5.02 Å². The van der Waals surface area contributed by atoms with Gasteiger partial charge in [-0.3, -0.25) is 0 Å². The van der Waals surface area contributed by atoms with Crippen molar-refractivity contribution in [2.24, 2.45) is 4.99 Å². The van der Waals surface area contributed by atoms with Crippen molar-refractivity contribution in [1.29, 1.82) is 0 Å². The van der Waals surface area contributed by atoms with Crippen molar-refractivity contribution in [1.82, 2.24) is 9.97 Å². The number of imidazole rings is 1. The molecule has 0 saturated carbocycles. The van der Waals surface area contributed by atoms with Gasteiger partial charge in [-0.25, -0.2) is 9.98 Å². The molecule has 2 aromatic rings. The number of nitrogens with one attached hydrogen (secondary N) is 1. The highest BCUT2D eigenvalue weighted by Crippen LogP contribution is 2.21. The summed E-state index contributed by atoms with van der Waals surface area (Å²) in [5.41, 5.74) is 2.48. The van der Waals surface area contributed by atoms with Crippen LogP contribution in [0.5, 0.6) is 0 Å². The second-order valence-corrected chi connectivity index (χ2v) is 4.65. The zero-order chi connectivity index (χ0) is 13.1. The van der Waals surface area contributed by atoms with Gasteiger partial charge in [0, 0.05) is 16.8 Å². The summed E-state index contributed by atoms with van der Waals surface area (Å²) in [6.07, 6.45) is 3.29. The van der Waals surface area contributed by atoms with Gasteiger partial charge in [0.1, 0.15) is 11.0 Å². The second-order valence-electron chi connectivity index (χ2n) is 3.66. The SMILES string of the molecule is C=C/C(=C\N=C(C)Cl)c1nc2ccc(Cl)cc2[nH]1. The molecule has 0 radical (unpaired) electrons. The van der Waals surface area contributed by atoms with E-state index in [0.717, 1.165) is 16.6 Å². The summed E-state index contributed by atoms with van der Waals surface area (Å²) in [5.74, 6) is 0.684. The summed E-state index contributed by atoms with van der Waals surface area (Å²) in [5, 5.41) is 1.12. The zero-order valence-corrected chi connectivity index (χ0v) is 11.3. The monoisotopic (exact) mass is 279 g/mol. The molecular weight excluding hydrogens is 269 g/mol. The van der Waals surface area contributed by atoms with Gasteiger partial charge in [-0.2, -0.15) is 0 Å². The van der Waals surface area contributed by atoms with E-state index in [4.69, 9.17) is 23.2 Å². The average Bonchev–Trinajstić information content (AvgIpc) is 2.72. The predicted octanol–water partition coefficient (Wildman–Crippen LogP) is 4.40. The highest BCUT2D eigenvalue weighted by molar-refractivity contribution is 6.64. The van der Waals surface area contributed by atoms with E-state index in [0.29, 0.717) is 16.0 Å². The maximum absolute atomic E-state index is 5.92. The summed E-state index contributed by atoms with van der Waals surface area (Å²) >= 11 is 11.6. The lowest BCUT2D eigenvalue weighted by molar-refractivity contribution is 1.26. The van der Waals surface area contributed by atoms with Crippen molar-refractivity contribution in [3.63, 3.8) is 0 Å². The standard InChI is InChI=1S/C13H11Cl2N3/c1-3-9(7-16-8(2)14)13-17-11-5-4-10(15)6-12(11)18-13/h3-7H,1H2,2H3,(H,17,18)/b9-7+,16-8?. The third kappa shape index (κ3) is 2.81. The quantitative estimate of drug-likeness (QED) is 0.657. The molecule has 92 valence electrons. The van der Waals surface area contributed by atoms with Gasteiger partial charge < -0.3 is 4.98 Å². The summed E-state index contributed by atoms with van der Waals surface area (Å²) < 4.78 is 0. The summed E-state index contributed by atoms with van der Waals surface area (Å²) in [6, 6.07) is 5.48. The Bertz CT molecular complexity index is 649. The molecule has 0 fully saturated rings. The van der Waals surface area contributed by atoms with E-state index in [1.807, 2.05) is 12.1 Å². The normalized spacial score (nSPS) is 13.1. The number of aromatic amines is 1. The fourth-order valence-corrected chi connectivity index (χ4v) is 1.71. The summed E-state index contributed by atoms with van der Waals surface area (Å²) in [7, 11) is 0. The van der Waals surface area contributed by atoms with Crippen LogP contribution in [0.15, 0.2) is 42.0 Å². The number of nitrogens with zero attached hydrogens (tertiary/aromatic N) is 2. The molecule has 0 atom stereocenters. The van der Waals surface area contributed by atoms with Crippen LogP contribution >= 0.6 is 23.2 Å². The van der Waals surface area contributed by atoms with E-state index >= 15 is 0 Å². The molecule has 5 heteroatoms. The zero-order valence-electron chi connectivity index (χ0n) is 9.74. The molecule has 1 aromatic heterocycles. The highest BCUT2D eigenvalue weighted by atomic mass is 35.5. The lowest BCUT2D eigenvalue weighted by atomic mass is 10.3. The van der Waals surface area contributed by atoms with Gasteiger partial charge in [0.05, 0.1) is 11.0 Å². The fourth-order valence-electron chi connectivity index (χ4n) is 1.49. The number of hydrogen-bond acceptors (Lipinski definition) is 2. The Hall–Kier alpha value is -1.58. The number of hydrogen-bond donors (Lipinski definition) is 1. The summed E-state index contributed by atoms with van der Waals surface area (Å²) in [4.78, 5) is 11.6. The smallest absolute Gasteiger partial charge is 0.140 e. The van der Waals surface area contributed by atoms with Crippen LogP contribution in [0, 0.1) is 0 Å². The maximum Gasteiger partial charge on any atom is 0.140 e. The van der Waals surface area contributed by atoms with Crippen LogP contribution in [0.4, 0.5) is 0 Å². The Morgan fingerprint density at radius 2 is 2.28 bits per heavy atom. The number of benzene rings is 1. The Morgan fingerprint density at radius 1 is 1.50 bits per heavy atom. The van der Waals surface area contributed by atoms with Crippen LogP contribution < -0.4 is 0 Å².